The summed E-state index contributed by atoms with van der Waals surface area (Å²) in [5.74, 6) is 0. The molecule has 0 heterocycles. The lowest BCUT2D eigenvalue weighted by Crippen LogP contribution is -2.45. The number of carbonyl (C=O) groups excluding carboxylic acids is 1. The van der Waals surface area contributed by atoms with Crippen LogP contribution in [0.5, 0.6) is 0 Å². The Bertz CT molecular complexity index is 353. The molecule has 0 aromatic rings. The topological polar surface area (TPSA) is 89.7 Å². The molecule has 0 unspecified atom stereocenters. The van der Waals surface area contributed by atoms with Gasteiger partial charge < -0.3 is 4.74 Å². The van der Waals surface area contributed by atoms with Gasteiger partial charge in [-0.25, -0.2) is 9.93 Å². The average molecular weight is 236 g/mol. The second-order valence-electron chi connectivity index (χ2n) is 4.55. The Labute approximate surface area is 89.6 Å². The van der Waals surface area contributed by atoms with E-state index in [4.69, 9.17) is 9.88 Å². The van der Waals surface area contributed by atoms with Crippen LogP contribution >= 0.6 is 0 Å². The van der Waals surface area contributed by atoms with E-state index in [9.17, 15) is 13.2 Å². The third-order valence-electron chi connectivity index (χ3n) is 1.73. The van der Waals surface area contributed by atoms with Crippen LogP contribution in [0.2, 0.25) is 0 Å². The zero-order chi connectivity index (χ0) is 11.9. The number of nitrogens with two attached hydrogens (primary N) is 1. The van der Waals surface area contributed by atoms with Crippen molar-refractivity contribution in [2.75, 3.05) is 0 Å². The maximum Gasteiger partial charge on any atom is 0.425 e. The standard InChI is InChI=1S/C8H16N2O4S/c1-8(2,3)14-7(11)10(6-4-5-6)15(9,12)13/h6H,4-5H2,1-3H3,(H2,9,12,13). The number of hydrogen-bond donors (Lipinski definition) is 1. The number of carbonyl (C=O) groups is 1. The first-order valence-corrected chi connectivity index (χ1v) is 6.17. The second-order valence-corrected chi connectivity index (χ2v) is 5.98. The van der Waals surface area contributed by atoms with Crippen LogP contribution in [0.15, 0.2) is 0 Å². The summed E-state index contributed by atoms with van der Waals surface area (Å²) in [5, 5.41) is 4.94. The van der Waals surface area contributed by atoms with Gasteiger partial charge in [0.1, 0.15) is 5.60 Å². The molecular formula is C8H16N2O4S. The number of amides is 1. The van der Waals surface area contributed by atoms with Gasteiger partial charge in [-0.1, -0.05) is 0 Å². The molecule has 7 heteroatoms. The molecule has 0 radical (unpaired) electrons. The molecule has 0 aromatic carbocycles. The van der Waals surface area contributed by atoms with Crippen LogP contribution in [-0.4, -0.2) is 30.5 Å². The van der Waals surface area contributed by atoms with E-state index in [1.165, 1.54) is 0 Å². The molecule has 1 amide bonds. The predicted molar refractivity (Wildman–Crippen MR) is 54.2 cm³/mol. The van der Waals surface area contributed by atoms with Crippen LogP contribution in [0.3, 0.4) is 0 Å². The highest BCUT2D eigenvalue weighted by Gasteiger charge is 2.41. The Kier molecular flexibility index (Phi) is 2.97. The smallest absolute Gasteiger partial charge is 0.425 e. The van der Waals surface area contributed by atoms with E-state index >= 15 is 0 Å². The number of nitrogens with zero attached hydrogens (tertiary/aromatic N) is 1. The quantitative estimate of drug-likeness (QED) is 0.759. The number of hydrogen-bond acceptors (Lipinski definition) is 4. The molecule has 2 N–H and O–H groups in total. The van der Waals surface area contributed by atoms with Crippen molar-refractivity contribution in [2.45, 2.75) is 45.3 Å². The van der Waals surface area contributed by atoms with Crippen molar-refractivity contribution in [1.29, 1.82) is 0 Å². The molecule has 0 bridgehead atoms. The third kappa shape index (κ3) is 3.67. The minimum atomic E-state index is -4.01. The fourth-order valence-electron chi connectivity index (χ4n) is 1.08. The summed E-state index contributed by atoms with van der Waals surface area (Å²) in [6.07, 6.45) is 0.401. The van der Waals surface area contributed by atoms with Crippen molar-refractivity contribution in [3.63, 3.8) is 0 Å². The lowest BCUT2D eigenvalue weighted by atomic mass is 10.2. The van der Waals surface area contributed by atoms with Crippen LogP contribution in [-0.2, 0) is 14.9 Å². The van der Waals surface area contributed by atoms with E-state index in [2.05, 4.69) is 0 Å². The van der Waals surface area contributed by atoms with Crippen molar-refractivity contribution in [3.05, 3.63) is 0 Å². The van der Waals surface area contributed by atoms with Gasteiger partial charge in [-0.2, -0.15) is 12.7 Å². The van der Waals surface area contributed by atoms with Gasteiger partial charge in [0, 0.05) is 0 Å². The SMILES string of the molecule is CC(C)(C)OC(=O)N(C1CC1)S(N)(=O)=O. The molecule has 0 saturated heterocycles. The van der Waals surface area contributed by atoms with Crippen molar-refractivity contribution in [3.8, 4) is 0 Å². The summed E-state index contributed by atoms with van der Waals surface area (Å²) < 4.78 is 27.9. The molecule has 0 aromatic heterocycles. The zero-order valence-corrected chi connectivity index (χ0v) is 9.87. The Morgan fingerprint density at radius 2 is 1.87 bits per heavy atom. The number of rotatable bonds is 2. The maximum atomic E-state index is 11.5. The first-order chi connectivity index (χ1) is 6.61. The Morgan fingerprint density at radius 1 is 1.40 bits per heavy atom. The molecule has 1 rings (SSSR count). The molecule has 1 aliphatic carbocycles. The highest BCUT2D eigenvalue weighted by molar-refractivity contribution is 7.87. The summed E-state index contributed by atoms with van der Waals surface area (Å²) in [5.41, 5.74) is -0.727. The van der Waals surface area contributed by atoms with Crippen molar-refractivity contribution in [2.24, 2.45) is 5.14 Å². The monoisotopic (exact) mass is 236 g/mol. The van der Waals surface area contributed by atoms with Crippen LogP contribution < -0.4 is 5.14 Å². The van der Waals surface area contributed by atoms with Crippen LogP contribution in [0.1, 0.15) is 33.6 Å². The van der Waals surface area contributed by atoms with Crippen molar-refractivity contribution < 1.29 is 17.9 Å². The van der Waals surface area contributed by atoms with Gasteiger partial charge in [-0.3, -0.25) is 0 Å². The minimum Gasteiger partial charge on any atom is -0.443 e. The molecule has 15 heavy (non-hydrogen) atoms. The molecule has 88 valence electrons. The van der Waals surface area contributed by atoms with E-state index in [1.54, 1.807) is 20.8 Å². The fourth-order valence-corrected chi connectivity index (χ4v) is 1.95. The van der Waals surface area contributed by atoms with Crippen LogP contribution in [0.25, 0.3) is 0 Å². The maximum absolute atomic E-state index is 11.5. The molecule has 6 nitrogen and oxygen atoms in total. The van der Waals surface area contributed by atoms with E-state index < -0.39 is 21.9 Å². The van der Waals surface area contributed by atoms with Gasteiger partial charge >= 0.3 is 16.3 Å². The first kappa shape index (κ1) is 12.3. The molecule has 1 aliphatic rings. The first-order valence-electron chi connectivity index (χ1n) is 4.66. The summed E-state index contributed by atoms with van der Waals surface area (Å²) in [7, 11) is -4.01. The van der Waals surface area contributed by atoms with E-state index in [1.807, 2.05) is 0 Å². The van der Waals surface area contributed by atoms with Crippen molar-refractivity contribution in [1.82, 2.24) is 4.31 Å². The average Bonchev–Trinajstić information content (AvgIpc) is 2.62. The summed E-state index contributed by atoms with van der Waals surface area (Å²) in [6, 6.07) is -0.324. The Hall–Kier alpha value is -0.820. The van der Waals surface area contributed by atoms with Gasteiger partial charge in [-0.15, -0.1) is 0 Å². The molecule has 1 fully saturated rings. The van der Waals surface area contributed by atoms with Gasteiger partial charge in [-0.05, 0) is 33.6 Å². The predicted octanol–water partition coefficient (Wildman–Crippen LogP) is 0.589. The summed E-state index contributed by atoms with van der Waals surface area (Å²) in [4.78, 5) is 11.5. The highest BCUT2D eigenvalue weighted by Crippen LogP contribution is 2.29. The van der Waals surface area contributed by atoms with E-state index in [0.29, 0.717) is 17.1 Å². The molecule has 1 saturated carbocycles. The highest BCUT2D eigenvalue weighted by atomic mass is 32.2. The normalized spacial score (nSPS) is 17.3. The summed E-state index contributed by atoms with van der Waals surface area (Å²) in [6.45, 7) is 5.00. The third-order valence-corrected chi connectivity index (χ3v) is 2.72. The second kappa shape index (κ2) is 3.64. The number of ether oxygens (including phenoxy) is 1. The van der Waals surface area contributed by atoms with Gasteiger partial charge in [0.05, 0.1) is 6.04 Å². The Morgan fingerprint density at radius 3 is 2.13 bits per heavy atom. The van der Waals surface area contributed by atoms with Gasteiger partial charge in [0.25, 0.3) is 0 Å². The van der Waals surface area contributed by atoms with Crippen LogP contribution in [0.4, 0.5) is 4.79 Å². The van der Waals surface area contributed by atoms with Crippen molar-refractivity contribution >= 4 is 16.3 Å². The van der Waals surface area contributed by atoms with Gasteiger partial charge in [0.2, 0.25) is 0 Å². The zero-order valence-electron chi connectivity index (χ0n) is 9.06. The Balaban J connectivity index is 2.78. The molecule has 0 spiro atoms. The molecular weight excluding hydrogens is 220 g/mol. The van der Waals surface area contributed by atoms with Crippen LogP contribution in [0, 0.1) is 0 Å². The van der Waals surface area contributed by atoms with Gasteiger partial charge in [0.15, 0.2) is 0 Å². The fraction of sp³-hybridized carbons (Fsp3) is 0.875. The van der Waals surface area contributed by atoms with E-state index in [0.717, 1.165) is 0 Å². The summed E-state index contributed by atoms with van der Waals surface area (Å²) >= 11 is 0. The lowest BCUT2D eigenvalue weighted by Gasteiger charge is -2.25. The lowest BCUT2D eigenvalue weighted by molar-refractivity contribution is 0.0382. The molecule has 0 aliphatic heterocycles. The minimum absolute atomic E-state index is 0.324. The molecule has 0 atom stereocenters. The largest absolute Gasteiger partial charge is 0.443 e. The van der Waals surface area contributed by atoms with E-state index in [-0.39, 0.29) is 6.04 Å².